The third-order valence-corrected chi connectivity index (χ3v) is 1.66. The second-order valence-corrected chi connectivity index (χ2v) is 2.79. The lowest BCUT2D eigenvalue weighted by Gasteiger charge is -2.20. The number of hydrogen-bond acceptors (Lipinski definition) is 2. The van der Waals surface area contributed by atoms with Crippen molar-refractivity contribution in [2.75, 3.05) is 20.1 Å². The quantitative estimate of drug-likeness (QED) is 0.570. The van der Waals surface area contributed by atoms with Crippen LogP contribution in [-0.4, -0.2) is 37.5 Å². The molecule has 0 heterocycles. The summed E-state index contributed by atoms with van der Waals surface area (Å²) in [5, 5.41) is 3.09. The van der Waals surface area contributed by atoms with Gasteiger partial charge in [-0.2, -0.15) is 0 Å². The zero-order valence-electron chi connectivity index (χ0n) is 7.63. The molecule has 0 aliphatic carbocycles. The van der Waals surface area contributed by atoms with Crippen molar-refractivity contribution in [2.24, 2.45) is 0 Å². The first-order valence-electron chi connectivity index (χ1n) is 4.11. The van der Waals surface area contributed by atoms with E-state index < -0.39 is 0 Å². The Kier molecular flexibility index (Phi) is 5.84. The van der Waals surface area contributed by atoms with E-state index in [0.29, 0.717) is 6.04 Å². The first-order valence-corrected chi connectivity index (χ1v) is 4.11. The summed E-state index contributed by atoms with van der Waals surface area (Å²) < 4.78 is 0. The van der Waals surface area contributed by atoms with E-state index in [9.17, 15) is 4.79 Å². The minimum absolute atomic E-state index is 0.381. The summed E-state index contributed by atoms with van der Waals surface area (Å²) in [5.41, 5.74) is 0. The Morgan fingerprint density at radius 3 is 2.64 bits per heavy atom. The maximum atomic E-state index is 10.4. The van der Waals surface area contributed by atoms with Crippen LogP contribution in [0.2, 0.25) is 0 Å². The third-order valence-electron chi connectivity index (χ3n) is 1.66. The molecule has 0 radical (unpaired) electrons. The van der Waals surface area contributed by atoms with Gasteiger partial charge in [-0.05, 0) is 20.4 Å². The van der Waals surface area contributed by atoms with Gasteiger partial charge < -0.3 is 10.2 Å². The number of amides is 1. The largest absolute Gasteiger partial charge is 0.344 e. The fourth-order valence-electron chi connectivity index (χ4n) is 0.917. The van der Waals surface area contributed by atoms with Crippen LogP contribution in [-0.2, 0) is 4.79 Å². The molecule has 0 aromatic carbocycles. The smallest absolute Gasteiger partial charge is 0.209 e. The summed E-state index contributed by atoms with van der Waals surface area (Å²) in [4.78, 5) is 12.2. The number of nitrogens with zero attached hydrogens (tertiary/aromatic N) is 1. The highest BCUT2D eigenvalue weighted by molar-refractivity contribution is 5.46. The molecule has 0 aliphatic heterocycles. The van der Waals surface area contributed by atoms with Crippen molar-refractivity contribution >= 4 is 6.41 Å². The molecule has 3 heteroatoms. The molecule has 0 aliphatic rings. The van der Waals surface area contributed by atoms with E-state index in [4.69, 9.17) is 0 Å². The Hall–Kier alpha value is -0.570. The number of nitrogens with one attached hydrogen (secondary N) is 1. The monoisotopic (exact) mass is 158 g/mol. The summed E-state index contributed by atoms with van der Waals surface area (Å²) in [5.74, 6) is 0. The topological polar surface area (TPSA) is 32.3 Å². The van der Waals surface area contributed by atoms with Gasteiger partial charge in [0.05, 0.1) is 0 Å². The molecule has 0 bridgehead atoms. The van der Waals surface area contributed by atoms with Gasteiger partial charge in [0.2, 0.25) is 6.41 Å². The van der Waals surface area contributed by atoms with E-state index in [1.165, 1.54) is 0 Å². The van der Waals surface area contributed by atoms with Crippen molar-refractivity contribution in [3.8, 4) is 0 Å². The first-order chi connectivity index (χ1) is 5.24. The van der Waals surface area contributed by atoms with Gasteiger partial charge in [0.25, 0.3) is 0 Å². The first kappa shape index (κ1) is 10.4. The van der Waals surface area contributed by atoms with Gasteiger partial charge in [0.1, 0.15) is 0 Å². The van der Waals surface area contributed by atoms with Gasteiger partial charge >= 0.3 is 0 Å². The van der Waals surface area contributed by atoms with Gasteiger partial charge in [-0.3, -0.25) is 4.79 Å². The molecule has 1 amide bonds. The second kappa shape index (κ2) is 6.16. The Bertz CT molecular complexity index is 106. The molecular weight excluding hydrogens is 140 g/mol. The Morgan fingerprint density at radius 2 is 2.27 bits per heavy atom. The van der Waals surface area contributed by atoms with Crippen LogP contribution in [0.5, 0.6) is 0 Å². The molecule has 1 atom stereocenters. The lowest BCUT2D eigenvalue weighted by Crippen LogP contribution is -2.37. The molecule has 0 aromatic heterocycles. The van der Waals surface area contributed by atoms with Crippen molar-refractivity contribution in [3.05, 3.63) is 0 Å². The van der Waals surface area contributed by atoms with Crippen molar-refractivity contribution < 1.29 is 4.79 Å². The zero-order valence-corrected chi connectivity index (χ0v) is 7.63. The van der Waals surface area contributed by atoms with Crippen LogP contribution in [0.3, 0.4) is 0 Å². The Morgan fingerprint density at radius 1 is 1.64 bits per heavy atom. The van der Waals surface area contributed by atoms with E-state index in [2.05, 4.69) is 19.2 Å². The van der Waals surface area contributed by atoms with E-state index in [1.54, 1.807) is 4.90 Å². The van der Waals surface area contributed by atoms with Gasteiger partial charge in [0, 0.05) is 19.1 Å². The van der Waals surface area contributed by atoms with E-state index in [0.717, 1.165) is 25.9 Å². The molecule has 0 fully saturated rings. The maximum absolute atomic E-state index is 10.4. The summed E-state index contributed by atoms with van der Waals surface area (Å²) in [6, 6.07) is 0.381. The summed E-state index contributed by atoms with van der Waals surface area (Å²) >= 11 is 0. The number of rotatable bonds is 6. The molecule has 0 spiro atoms. The minimum Gasteiger partial charge on any atom is -0.344 e. The van der Waals surface area contributed by atoms with E-state index >= 15 is 0 Å². The van der Waals surface area contributed by atoms with Crippen LogP contribution in [0.25, 0.3) is 0 Å². The zero-order chi connectivity index (χ0) is 8.69. The molecule has 0 saturated carbocycles. The molecule has 0 aromatic rings. The van der Waals surface area contributed by atoms with Crippen LogP contribution in [0.4, 0.5) is 0 Å². The fourth-order valence-corrected chi connectivity index (χ4v) is 0.917. The summed E-state index contributed by atoms with van der Waals surface area (Å²) in [7, 11) is 1.90. The molecule has 1 N–H and O–H groups in total. The molecule has 66 valence electrons. The van der Waals surface area contributed by atoms with Crippen LogP contribution in [0, 0.1) is 0 Å². The average Bonchev–Trinajstić information content (AvgIpc) is 2.03. The minimum atomic E-state index is 0.381. The van der Waals surface area contributed by atoms with Crippen molar-refractivity contribution in [1.29, 1.82) is 0 Å². The van der Waals surface area contributed by atoms with Crippen LogP contribution in [0.15, 0.2) is 0 Å². The summed E-state index contributed by atoms with van der Waals surface area (Å²) in [6.45, 7) is 5.79. The highest BCUT2D eigenvalue weighted by Gasteiger charge is 2.03. The Labute approximate surface area is 68.8 Å². The number of carbonyl (C=O) groups excluding carboxylic acids is 1. The predicted octanol–water partition coefficient (Wildman–Crippen LogP) is 0.463. The van der Waals surface area contributed by atoms with Crippen LogP contribution < -0.4 is 5.32 Å². The molecule has 11 heavy (non-hydrogen) atoms. The molecule has 3 nitrogen and oxygen atoms in total. The van der Waals surface area contributed by atoms with Gasteiger partial charge in [-0.25, -0.2) is 0 Å². The second-order valence-electron chi connectivity index (χ2n) is 2.79. The van der Waals surface area contributed by atoms with Crippen molar-refractivity contribution in [1.82, 2.24) is 10.2 Å². The normalized spacial score (nSPS) is 12.6. The van der Waals surface area contributed by atoms with Gasteiger partial charge in [0.15, 0.2) is 0 Å². The highest BCUT2D eigenvalue weighted by atomic mass is 16.1. The van der Waals surface area contributed by atoms with E-state index in [1.807, 2.05) is 7.05 Å². The van der Waals surface area contributed by atoms with E-state index in [-0.39, 0.29) is 0 Å². The lowest BCUT2D eigenvalue weighted by atomic mass is 10.3. The van der Waals surface area contributed by atoms with Gasteiger partial charge in [-0.1, -0.05) is 6.92 Å². The SMILES string of the molecule is CCCN(C=O)CC(C)NC. The fraction of sp³-hybridized carbons (Fsp3) is 0.875. The van der Waals surface area contributed by atoms with Crippen molar-refractivity contribution in [3.63, 3.8) is 0 Å². The van der Waals surface area contributed by atoms with Gasteiger partial charge in [-0.15, -0.1) is 0 Å². The maximum Gasteiger partial charge on any atom is 0.209 e. The predicted molar refractivity (Wildman–Crippen MR) is 46.4 cm³/mol. The molecule has 1 unspecified atom stereocenters. The number of carbonyl (C=O) groups is 1. The number of likely N-dealkylation sites (N-methyl/N-ethyl adjacent to an activating group) is 1. The standard InChI is InChI=1S/C8H18N2O/c1-4-5-10(7-11)6-8(2)9-3/h7-9H,4-6H2,1-3H3. The molecular formula is C8H18N2O. The lowest BCUT2D eigenvalue weighted by molar-refractivity contribution is -0.118. The summed E-state index contributed by atoms with van der Waals surface area (Å²) in [6.07, 6.45) is 1.94. The van der Waals surface area contributed by atoms with Crippen LogP contribution >= 0.6 is 0 Å². The molecule has 0 rings (SSSR count). The average molecular weight is 158 g/mol. The third kappa shape index (κ3) is 4.79. The highest BCUT2D eigenvalue weighted by Crippen LogP contribution is 1.89. The Balaban J connectivity index is 3.58. The number of hydrogen-bond donors (Lipinski definition) is 1. The van der Waals surface area contributed by atoms with Crippen LogP contribution in [0.1, 0.15) is 20.3 Å². The van der Waals surface area contributed by atoms with Crippen molar-refractivity contribution in [2.45, 2.75) is 26.3 Å². The molecule has 0 saturated heterocycles.